The maximum Gasteiger partial charge on any atom is 0.200 e. The third-order valence-electron chi connectivity index (χ3n) is 3.32. The Morgan fingerprint density at radius 1 is 1.30 bits per heavy atom. The smallest absolute Gasteiger partial charge is 0.200 e. The molecule has 2 N–H and O–H groups in total. The topological polar surface area (TPSA) is 75.1 Å². The molecule has 3 aromatic rings. The molecule has 0 fully saturated rings. The molecule has 1 aromatic heterocycles. The van der Waals surface area contributed by atoms with Crippen LogP contribution in [0.3, 0.4) is 0 Å². The third-order valence-corrected chi connectivity index (χ3v) is 3.83. The Kier molecular flexibility index (Phi) is 4.22. The molecule has 116 valence electrons. The Morgan fingerprint density at radius 3 is 2.87 bits per heavy atom. The fourth-order valence-corrected chi connectivity index (χ4v) is 2.74. The molecular weight excluding hydrogens is 334 g/mol. The minimum Gasteiger partial charge on any atom is -0.268 e. The van der Waals surface area contributed by atoms with Gasteiger partial charge >= 0.3 is 0 Å². The maximum absolute atomic E-state index is 10.6. The van der Waals surface area contributed by atoms with Gasteiger partial charge in [-0.15, -0.1) is 4.91 Å². The molecule has 23 heavy (non-hydrogen) atoms. The summed E-state index contributed by atoms with van der Waals surface area (Å²) in [4.78, 5) is 10.6. The summed E-state index contributed by atoms with van der Waals surface area (Å²) in [5.41, 5.74) is 5.49. The van der Waals surface area contributed by atoms with Crippen LogP contribution in [0.1, 0.15) is 5.56 Å². The maximum atomic E-state index is 10.6. The lowest BCUT2D eigenvalue weighted by Gasteiger charge is -2.11. The summed E-state index contributed by atoms with van der Waals surface area (Å²) in [5.74, 6) is 0.562. The number of hydrogen-bond donors (Lipinski definition) is 2. The molecule has 0 aliphatic heterocycles. The van der Waals surface area contributed by atoms with Crippen molar-refractivity contribution in [2.24, 2.45) is 5.29 Å². The number of nitrogens with zero attached hydrogens (tertiary/aromatic N) is 3. The first-order chi connectivity index (χ1) is 11.1. The second kappa shape index (κ2) is 6.31. The molecule has 0 saturated heterocycles. The zero-order valence-electron chi connectivity index (χ0n) is 12.1. The van der Waals surface area contributed by atoms with Crippen molar-refractivity contribution in [3.8, 4) is 17.1 Å². The number of benzene rings is 2. The summed E-state index contributed by atoms with van der Waals surface area (Å²) in [6.45, 7) is 1.95. The monoisotopic (exact) mass is 345 g/mol. The van der Waals surface area contributed by atoms with Gasteiger partial charge in [0, 0.05) is 10.6 Å². The minimum absolute atomic E-state index is 0.425. The van der Waals surface area contributed by atoms with Gasteiger partial charge in [-0.2, -0.15) is 5.10 Å². The van der Waals surface area contributed by atoms with Crippen LogP contribution in [-0.2, 0) is 0 Å². The quantitative estimate of drug-likeness (QED) is 0.410. The first kappa shape index (κ1) is 15.4. The van der Waals surface area contributed by atoms with Crippen molar-refractivity contribution in [3.63, 3.8) is 0 Å². The van der Waals surface area contributed by atoms with E-state index >= 15 is 0 Å². The number of rotatable bonds is 4. The van der Waals surface area contributed by atoms with Crippen molar-refractivity contribution >= 4 is 29.5 Å². The standard InChI is InChI=1S/C15H12ClN5OS/c1-9-5-6-13(17-20-22)12(7-9)14-18-19-15(23)21(14)11-4-2-3-10(16)8-11/h2-8H,1H3,(H,17,22)(H,19,23). The lowest BCUT2D eigenvalue weighted by Crippen LogP contribution is -2.00. The van der Waals surface area contributed by atoms with Crippen LogP contribution in [0.2, 0.25) is 5.02 Å². The van der Waals surface area contributed by atoms with E-state index in [0.29, 0.717) is 26.9 Å². The number of nitrogens with one attached hydrogen (secondary N) is 2. The molecule has 0 aliphatic rings. The van der Waals surface area contributed by atoms with E-state index in [-0.39, 0.29) is 0 Å². The molecule has 1 heterocycles. The lowest BCUT2D eigenvalue weighted by atomic mass is 10.1. The summed E-state index contributed by atoms with van der Waals surface area (Å²) >= 11 is 11.4. The number of aromatic nitrogens is 3. The predicted molar refractivity (Wildman–Crippen MR) is 93.3 cm³/mol. The molecular formula is C15H12ClN5OS. The first-order valence-electron chi connectivity index (χ1n) is 6.73. The Hall–Kier alpha value is -2.51. The normalized spacial score (nSPS) is 10.5. The van der Waals surface area contributed by atoms with E-state index in [2.05, 4.69) is 20.9 Å². The second-order valence-electron chi connectivity index (χ2n) is 4.92. The van der Waals surface area contributed by atoms with Crippen LogP contribution in [0, 0.1) is 16.6 Å². The van der Waals surface area contributed by atoms with E-state index in [9.17, 15) is 4.91 Å². The predicted octanol–water partition coefficient (Wildman–Crippen LogP) is 4.65. The van der Waals surface area contributed by atoms with Crippen LogP contribution in [0.25, 0.3) is 17.1 Å². The van der Waals surface area contributed by atoms with Crippen LogP contribution >= 0.6 is 23.8 Å². The first-order valence-corrected chi connectivity index (χ1v) is 7.51. The van der Waals surface area contributed by atoms with Crippen LogP contribution < -0.4 is 5.43 Å². The van der Waals surface area contributed by atoms with Gasteiger partial charge in [-0.25, -0.2) is 5.43 Å². The number of anilines is 1. The van der Waals surface area contributed by atoms with E-state index in [4.69, 9.17) is 23.8 Å². The van der Waals surface area contributed by atoms with Crippen molar-refractivity contribution in [1.29, 1.82) is 0 Å². The number of halogens is 1. The molecule has 0 atom stereocenters. The van der Waals surface area contributed by atoms with Crippen molar-refractivity contribution in [2.75, 3.05) is 5.43 Å². The van der Waals surface area contributed by atoms with Crippen LogP contribution in [0.5, 0.6) is 0 Å². The SMILES string of the molecule is Cc1ccc(NN=O)c(-c2n[nH]c(=S)n2-c2cccc(Cl)c2)c1. The number of nitroso groups, excluding NO2 is 1. The van der Waals surface area contributed by atoms with E-state index in [1.807, 2.05) is 31.2 Å². The van der Waals surface area contributed by atoms with Gasteiger partial charge in [0.05, 0.1) is 16.7 Å². The summed E-state index contributed by atoms with van der Waals surface area (Å²) in [7, 11) is 0. The largest absolute Gasteiger partial charge is 0.268 e. The van der Waals surface area contributed by atoms with Gasteiger partial charge in [0.1, 0.15) is 0 Å². The van der Waals surface area contributed by atoms with Crippen molar-refractivity contribution in [3.05, 3.63) is 62.7 Å². The number of aromatic amines is 1. The van der Waals surface area contributed by atoms with Gasteiger partial charge in [0.15, 0.2) is 10.6 Å². The molecule has 0 radical (unpaired) electrons. The fourth-order valence-electron chi connectivity index (χ4n) is 2.32. The van der Waals surface area contributed by atoms with E-state index < -0.39 is 0 Å². The third kappa shape index (κ3) is 3.01. The van der Waals surface area contributed by atoms with Crippen molar-refractivity contribution in [1.82, 2.24) is 14.8 Å². The fraction of sp³-hybridized carbons (Fsp3) is 0.0667. The zero-order chi connectivity index (χ0) is 16.4. The van der Waals surface area contributed by atoms with Gasteiger partial charge in [-0.1, -0.05) is 29.3 Å². The Labute approximate surface area is 142 Å². The van der Waals surface area contributed by atoms with Crippen LogP contribution in [0.15, 0.2) is 47.8 Å². The highest BCUT2D eigenvalue weighted by Crippen LogP contribution is 2.30. The highest BCUT2D eigenvalue weighted by molar-refractivity contribution is 7.71. The van der Waals surface area contributed by atoms with E-state index in [1.54, 1.807) is 22.8 Å². The second-order valence-corrected chi connectivity index (χ2v) is 5.74. The number of aryl methyl sites for hydroxylation is 1. The lowest BCUT2D eigenvalue weighted by molar-refractivity contribution is 1.04. The van der Waals surface area contributed by atoms with Crippen LogP contribution in [-0.4, -0.2) is 14.8 Å². The van der Waals surface area contributed by atoms with Gasteiger partial charge < -0.3 is 0 Å². The summed E-state index contributed by atoms with van der Waals surface area (Å²) in [6.07, 6.45) is 0. The molecule has 0 bridgehead atoms. The molecule has 0 aliphatic carbocycles. The van der Waals surface area contributed by atoms with Gasteiger partial charge in [-0.05, 0) is 49.5 Å². The summed E-state index contributed by atoms with van der Waals surface area (Å²) in [6, 6.07) is 12.8. The molecule has 8 heteroatoms. The zero-order valence-corrected chi connectivity index (χ0v) is 13.6. The van der Waals surface area contributed by atoms with Gasteiger partial charge in [-0.3, -0.25) is 9.67 Å². The van der Waals surface area contributed by atoms with E-state index in [0.717, 1.165) is 11.3 Å². The van der Waals surface area contributed by atoms with Crippen LogP contribution in [0.4, 0.5) is 5.69 Å². The molecule has 3 rings (SSSR count). The molecule has 0 spiro atoms. The number of hydrogen-bond acceptors (Lipinski definition) is 4. The summed E-state index contributed by atoms with van der Waals surface area (Å²) in [5, 5.41) is 10.4. The molecule has 6 nitrogen and oxygen atoms in total. The molecule has 2 aromatic carbocycles. The van der Waals surface area contributed by atoms with Crippen molar-refractivity contribution in [2.45, 2.75) is 6.92 Å². The van der Waals surface area contributed by atoms with Gasteiger partial charge in [0.25, 0.3) is 0 Å². The Balaban J connectivity index is 2.25. The summed E-state index contributed by atoms with van der Waals surface area (Å²) < 4.78 is 2.18. The highest BCUT2D eigenvalue weighted by atomic mass is 35.5. The average Bonchev–Trinajstić information content (AvgIpc) is 2.91. The van der Waals surface area contributed by atoms with Gasteiger partial charge in [0.2, 0.25) is 0 Å². The van der Waals surface area contributed by atoms with E-state index in [1.165, 1.54) is 0 Å². The minimum atomic E-state index is 0.425. The molecule has 0 amide bonds. The molecule has 0 saturated carbocycles. The highest BCUT2D eigenvalue weighted by Gasteiger charge is 2.15. The average molecular weight is 346 g/mol. The Morgan fingerprint density at radius 2 is 2.13 bits per heavy atom. The number of H-pyrrole nitrogens is 1. The Bertz CT molecular complexity index is 934. The molecule has 0 unspecified atom stereocenters. The van der Waals surface area contributed by atoms with Crippen molar-refractivity contribution < 1.29 is 0 Å².